The van der Waals surface area contributed by atoms with E-state index in [-0.39, 0.29) is 18.3 Å². The molecular weight excluding hydrogens is 356 g/mol. The largest absolute Gasteiger partial charge is 0.493 e. The van der Waals surface area contributed by atoms with E-state index in [2.05, 4.69) is 10.6 Å². The van der Waals surface area contributed by atoms with E-state index in [4.69, 9.17) is 14.2 Å². The van der Waals surface area contributed by atoms with Gasteiger partial charge in [0.1, 0.15) is 13.2 Å². The zero-order chi connectivity index (χ0) is 17.6. The average molecular weight is 379 g/mol. The summed E-state index contributed by atoms with van der Waals surface area (Å²) in [6.45, 7) is 4.52. The number of hydrogen-bond donors (Lipinski definition) is 2. The third-order valence-corrected chi connectivity index (χ3v) is 3.92. The van der Waals surface area contributed by atoms with Crippen molar-refractivity contribution in [1.29, 1.82) is 0 Å². The molecule has 0 aromatic heterocycles. The number of fused-ring (bicyclic) bond motifs is 1. The molecule has 0 radical (unpaired) electrons. The minimum atomic E-state index is -0.223. The maximum Gasteiger partial charge on any atom is 0.255 e. The van der Waals surface area contributed by atoms with Crippen LogP contribution in [0.15, 0.2) is 36.4 Å². The number of methoxy groups -OCH3 is 1. The molecule has 26 heavy (non-hydrogen) atoms. The molecule has 0 unspecified atom stereocenters. The quantitative estimate of drug-likeness (QED) is 0.807. The second-order valence-electron chi connectivity index (χ2n) is 5.59. The lowest BCUT2D eigenvalue weighted by molar-refractivity contribution is 0.102. The van der Waals surface area contributed by atoms with Gasteiger partial charge in [-0.3, -0.25) is 4.79 Å². The normalized spacial score (nSPS) is 12.1. The number of rotatable bonds is 6. The summed E-state index contributed by atoms with van der Waals surface area (Å²) in [5.74, 6) is 1.33. The van der Waals surface area contributed by atoms with Crippen LogP contribution in [0.3, 0.4) is 0 Å². The van der Waals surface area contributed by atoms with Crippen LogP contribution in [0.5, 0.6) is 17.2 Å². The van der Waals surface area contributed by atoms with Crippen LogP contribution in [0.1, 0.15) is 22.8 Å². The Hall–Kier alpha value is -2.44. The van der Waals surface area contributed by atoms with E-state index >= 15 is 0 Å². The van der Waals surface area contributed by atoms with Crippen molar-refractivity contribution in [2.75, 3.05) is 32.2 Å². The van der Waals surface area contributed by atoms with E-state index in [1.54, 1.807) is 19.2 Å². The van der Waals surface area contributed by atoms with Gasteiger partial charge in [-0.25, -0.2) is 0 Å². The summed E-state index contributed by atoms with van der Waals surface area (Å²) in [6.07, 6.45) is 0. The molecule has 3 rings (SSSR count). The van der Waals surface area contributed by atoms with E-state index in [9.17, 15) is 4.79 Å². The summed E-state index contributed by atoms with van der Waals surface area (Å²) < 4.78 is 16.5. The van der Waals surface area contributed by atoms with Gasteiger partial charge in [-0.1, -0.05) is 25.1 Å². The molecule has 1 aliphatic rings. The Morgan fingerprint density at radius 1 is 1.19 bits per heavy atom. The van der Waals surface area contributed by atoms with Gasteiger partial charge in [0, 0.05) is 17.8 Å². The monoisotopic (exact) mass is 378 g/mol. The van der Waals surface area contributed by atoms with Gasteiger partial charge in [0.05, 0.1) is 7.11 Å². The topological polar surface area (TPSA) is 68.8 Å². The number of amides is 1. The van der Waals surface area contributed by atoms with Gasteiger partial charge < -0.3 is 24.8 Å². The number of nitrogens with one attached hydrogen (secondary N) is 2. The number of halogens is 1. The summed E-state index contributed by atoms with van der Waals surface area (Å²) >= 11 is 0. The van der Waals surface area contributed by atoms with Crippen molar-refractivity contribution in [2.45, 2.75) is 13.5 Å². The number of anilines is 1. The number of benzene rings is 2. The molecule has 0 fully saturated rings. The molecule has 140 valence electrons. The van der Waals surface area contributed by atoms with Crippen LogP contribution in [-0.4, -0.2) is 32.8 Å². The molecule has 1 heterocycles. The molecule has 6 nitrogen and oxygen atoms in total. The van der Waals surface area contributed by atoms with E-state index < -0.39 is 0 Å². The zero-order valence-electron chi connectivity index (χ0n) is 14.8. The maximum atomic E-state index is 12.7. The van der Waals surface area contributed by atoms with Crippen molar-refractivity contribution in [3.8, 4) is 17.2 Å². The van der Waals surface area contributed by atoms with Gasteiger partial charge in [0.25, 0.3) is 5.91 Å². The summed E-state index contributed by atoms with van der Waals surface area (Å²) in [4.78, 5) is 12.7. The molecular formula is C19H23ClN2O4. The number of ether oxygens (including phenoxy) is 3. The van der Waals surface area contributed by atoms with Gasteiger partial charge in [-0.15, -0.1) is 12.4 Å². The van der Waals surface area contributed by atoms with Crippen molar-refractivity contribution >= 4 is 24.0 Å². The zero-order valence-corrected chi connectivity index (χ0v) is 15.7. The highest BCUT2D eigenvalue weighted by molar-refractivity contribution is 6.05. The fraction of sp³-hybridized carbons (Fsp3) is 0.316. The fourth-order valence-corrected chi connectivity index (χ4v) is 2.65. The van der Waals surface area contributed by atoms with Crippen molar-refractivity contribution in [3.63, 3.8) is 0 Å². The van der Waals surface area contributed by atoms with E-state index in [0.29, 0.717) is 42.6 Å². The van der Waals surface area contributed by atoms with Gasteiger partial charge in [-0.2, -0.15) is 0 Å². The van der Waals surface area contributed by atoms with Crippen molar-refractivity contribution in [2.24, 2.45) is 0 Å². The van der Waals surface area contributed by atoms with Crippen LogP contribution in [0.4, 0.5) is 5.69 Å². The molecule has 0 saturated carbocycles. The van der Waals surface area contributed by atoms with Crippen LogP contribution >= 0.6 is 12.4 Å². The van der Waals surface area contributed by atoms with Crippen LogP contribution in [-0.2, 0) is 6.54 Å². The first-order valence-electron chi connectivity index (χ1n) is 8.30. The Morgan fingerprint density at radius 3 is 2.73 bits per heavy atom. The lowest BCUT2D eigenvalue weighted by Gasteiger charge is -2.21. The smallest absolute Gasteiger partial charge is 0.255 e. The van der Waals surface area contributed by atoms with Crippen LogP contribution in [0.2, 0.25) is 0 Å². The summed E-state index contributed by atoms with van der Waals surface area (Å²) in [5.41, 5.74) is 2.27. The maximum absolute atomic E-state index is 12.7. The molecule has 0 spiro atoms. The lowest BCUT2D eigenvalue weighted by Crippen LogP contribution is -2.19. The van der Waals surface area contributed by atoms with Crippen molar-refractivity contribution < 1.29 is 19.0 Å². The number of carbonyl (C=O) groups is 1. The van der Waals surface area contributed by atoms with E-state index in [0.717, 1.165) is 17.8 Å². The van der Waals surface area contributed by atoms with Gasteiger partial charge in [-0.05, 0) is 30.3 Å². The predicted octanol–water partition coefficient (Wildman–Crippen LogP) is 3.25. The highest BCUT2D eigenvalue weighted by Gasteiger charge is 2.21. The minimum absolute atomic E-state index is 0. The molecule has 1 amide bonds. The number of para-hydroxylation sites is 1. The first kappa shape index (κ1) is 19.9. The third kappa shape index (κ3) is 4.39. The molecule has 2 aromatic carbocycles. The summed E-state index contributed by atoms with van der Waals surface area (Å²) in [7, 11) is 1.54. The second-order valence-corrected chi connectivity index (χ2v) is 5.59. The van der Waals surface area contributed by atoms with Crippen molar-refractivity contribution in [1.82, 2.24) is 5.32 Å². The Labute approximate surface area is 159 Å². The van der Waals surface area contributed by atoms with Gasteiger partial charge in [0.2, 0.25) is 5.75 Å². The molecule has 0 atom stereocenters. The molecule has 1 aliphatic heterocycles. The second kappa shape index (κ2) is 9.31. The Balaban J connectivity index is 0.00000243. The van der Waals surface area contributed by atoms with Crippen LogP contribution < -0.4 is 24.8 Å². The number of hydrogen-bond acceptors (Lipinski definition) is 5. The predicted molar refractivity (Wildman–Crippen MR) is 103 cm³/mol. The van der Waals surface area contributed by atoms with E-state index in [1.165, 1.54) is 0 Å². The summed E-state index contributed by atoms with van der Waals surface area (Å²) in [5, 5.41) is 6.23. The highest BCUT2D eigenvalue weighted by atomic mass is 35.5. The van der Waals surface area contributed by atoms with Crippen LogP contribution in [0, 0.1) is 0 Å². The first-order valence-corrected chi connectivity index (χ1v) is 8.30. The van der Waals surface area contributed by atoms with Crippen LogP contribution in [0.25, 0.3) is 0 Å². The highest BCUT2D eigenvalue weighted by Crippen LogP contribution is 2.40. The van der Waals surface area contributed by atoms with E-state index in [1.807, 2.05) is 31.2 Å². The Bertz CT molecular complexity index is 750. The molecule has 0 bridgehead atoms. The third-order valence-electron chi connectivity index (χ3n) is 3.92. The fourth-order valence-electron chi connectivity index (χ4n) is 2.65. The van der Waals surface area contributed by atoms with Crippen molar-refractivity contribution in [3.05, 3.63) is 47.5 Å². The average Bonchev–Trinajstić information content (AvgIpc) is 2.66. The molecule has 0 saturated heterocycles. The SMILES string of the molecule is CCNCc1ccccc1NC(=O)c1cc(OC)c2c(c1)OCCO2.Cl. The summed E-state index contributed by atoms with van der Waals surface area (Å²) in [6, 6.07) is 11.1. The number of carbonyl (C=O) groups excluding carboxylic acids is 1. The lowest BCUT2D eigenvalue weighted by atomic mass is 10.1. The van der Waals surface area contributed by atoms with Gasteiger partial charge >= 0.3 is 0 Å². The standard InChI is InChI=1S/C19H22N2O4.ClH/c1-3-20-12-13-6-4-5-7-15(13)21-19(22)14-10-16(23-2)18-17(11-14)24-8-9-25-18;/h4-7,10-11,20H,3,8-9,12H2,1-2H3,(H,21,22);1H. The van der Waals surface area contributed by atoms with Gasteiger partial charge in [0.15, 0.2) is 11.5 Å². The Kier molecular flexibility index (Phi) is 7.12. The molecule has 0 aliphatic carbocycles. The molecule has 2 N–H and O–H groups in total. The minimum Gasteiger partial charge on any atom is -0.493 e. The molecule has 7 heteroatoms. The molecule has 2 aromatic rings. The first-order chi connectivity index (χ1) is 12.2. The Morgan fingerprint density at radius 2 is 1.96 bits per heavy atom.